The number of aromatic nitrogens is 1. The predicted molar refractivity (Wildman–Crippen MR) is 71.6 cm³/mol. The molecule has 1 aliphatic rings. The number of hydrogen-bond donors (Lipinski definition) is 1. The molecule has 0 saturated heterocycles. The lowest BCUT2D eigenvalue weighted by Gasteiger charge is -2.20. The van der Waals surface area contributed by atoms with Crippen LogP contribution in [0.5, 0.6) is 0 Å². The molecule has 1 aromatic rings. The first-order valence-electron chi connectivity index (χ1n) is 5.62. The van der Waals surface area contributed by atoms with E-state index in [1.165, 1.54) is 6.42 Å². The van der Waals surface area contributed by atoms with Gasteiger partial charge >= 0.3 is 0 Å². The van der Waals surface area contributed by atoms with E-state index in [1.807, 2.05) is 6.92 Å². The van der Waals surface area contributed by atoms with Crippen LogP contribution in [0.1, 0.15) is 18.9 Å². The van der Waals surface area contributed by atoms with Gasteiger partial charge in [0.1, 0.15) is 5.82 Å². The van der Waals surface area contributed by atoms with Crippen molar-refractivity contribution in [2.24, 2.45) is 11.8 Å². The summed E-state index contributed by atoms with van der Waals surface area (Å²) in [6.07, 6.45) is 3.08. The summed E-state index contributed by atoms with van der Waals surface area (Å²) in [6, 6.07) is 0. The molecule has 1 saturated carbocycles. The highest BCUT2D eigenvalue weighted by Crippen LogP contribution is 2.39. The SMILES string of the molecule is Cc1c(N)cnc(N(C)CC2CC2C)c1Br. The Balaban J connectivity index is 2.16. The molecule has 16 heavy (non-hydrogen) atoms. The molecule has 0 spiro atoms. The Hall–Kier alpha value is -0.770. The van der Waals surface area contributed by atoms with E-state index in [0.29, 0.717) is 0 Å². The Morgan fingerprint density at radius 1 is 1.62 bits per heavy atom. The Kier molecular flexibility index (Phi) is 3.10. The Morgan fingerprint density at radius 2 is 2.25 bits per heavy atom. The minimum Gasteiger partial charge on any atom is -0.397 e. The van der Waals surface area contributed by atoms with Crippen LogP contribution in [-0.4, -0.2) is 18.6 Å². The summed E-state index contributed by atoms with van der Waals surface area (Å²) in [7, 11) is 2.09. The normalized spacial score (nSPS) is 23.2. The van der Waals surface area contributed by atoms with E-state index in [0.717, 1.165) is 39.9 Å². The van der Waals surface area contributed by atoms with Crippen LogP contribution in [0.15, 0.2) is 10.7 Å². The standard InChI is InChI=1S/C12H18BrN3/c1-7-4-9(7)6-16(3)12-11(13)8(2)10(14)5-15-12/h5,7,9H,4,6,14H2,1-3H3. The summed E-state index contributed by atoms with van der Waals surface area (Å²) in [4.78, 5) is 6.61. The molecule has 4 heteroatoms. The van der Waals surface area contributed by atoms with Crippen molar-refractivity contribution in [2.45, 2.75) is 20.3 Å². The molecule has 3 nitrogen and oxygen atoms in total. The van der Waals surface area contributed by atoms with Gasteiger partial charge in [0.25, 0.3) is 0 Å². The lowest BCUT2D eigenvalue weighted by molar-refractivity contribution is 0.718. The first-order chi connectivity index (χ1) is 7.50. The second-order valence-corrected chi connectivity index (χ2v) is 5.62. The van der Waals surface area contributed by atoms with Crippen LogP contribution in [0.4, 0.5) is 11.5 Å². The Morgan fingerprint density at radius 3 is 2.81 bits per heavy atom. The summed E-state index contributed by atoms with van der Waals surface area (Å²) in [5, 5.41) is 0. The minimum absolute atomic E-state index is 0.740. The zero-order valence-corrected chi connectivity index (χ0v) is 11.6. The van der Waals surface area contributed by atoms with Crippen LogP contribution in [0.3, 0.4) is 0 Å². The molecule has 0 amide bonds. The maximum Gasteiger partial charge on any atom is 0.143 e. The van der Waals surface area contributed by atoms with Gasteiger partial charge in [-0.25, -0.2) is 4.98 Å². The second kappa shape index (κ2) is 4.24. The molecule has 2 atom stereocenters. The number of halogens is 1. The summed E-state index contributed by atoms with van der Waals surface area (Å²) in [6.45, 7) is 5.39. The summed E-state index contributed by atoms with van der Waals surface area (Å²) >= 11 is 3.57. The second-order valence-electron chi connectivity index (χ2n) is 4.83. The fraction of sp³-hybridized carbons (Fsp3) is 0.583. The van der Waals surface area contributed by atoms with Gasteiger partial charge < -0.3 is 10.6 Å². The first kappa shape index (κ1) is 11.7. The van der Waals surface area contributed by atoms with Gasteiger partial charge in [-0.15, -0.1) is 0 Å². The maximum atomic E-state index is 5.81. The van der Waals surface area contributed by atoms with Crippen molar-refractivity contribution < 1.29 is 0 Å². The fourth-order valence-electron chi connectivity index (χ4n) is 1.94. The highest BCUT2D eigenvalue weighted by atomic mass is 79.9. The molecule has 2 rings (SSSR count). The van der Waals surface area contributed by atoms with E-state index in [-0.39, 0.29) is 0 Å². The van der Waals surface area contributed by atoms with E-state index in [4.69, 9.17) is 5.73 Å². The number of pyridine rings is 1. The van der Waals surface area contributed by atoms with Gasteiger partial charge in [-0.1, -0.05) is 6.92 Å². The first-order valence-corrected chi connectivity index (χ1v) is 6.41. The number of hydrogen-bond acceptors (Lipinski definition) is 3. The van der Waals surface area contributed by atoms with Crippen LogP contribution in [0, 0.1) is 18.8 Å². The average Bonchev–Trinajstić information content (AvgIpc) is 2.90. The van der Waals surface area contributed by atoms with Crippen molar-refractivity contribution in [3.05, 3.63) is 16.2 Å². The van der Waals surface area contributed by atoms with Gasteiger partial charge in [0, 0.05) is 13.6 Å². The van der Waals surface area contributed by atoms with Gasteiger partial charge in [-0.05, 0) is 46.7 Å². The summed E-state index contributed by atoms with van der Waals surface area (Å²) in [5.41, 5.74) is 7.62. The van der Waals surface area contributed by atoms with Crippen molar-refractivity contribution >= 4 is 27.4 Å². The smallest absolute Gasteiger partial charge is 0.143 e. The van der Waals surface area contributed by atoms with Crippen molar-refractivity contribution in [1.82, 2.24) is 4.98 Å². The molecule has 1 heterocycles. The minimum atomic E-state index is 0.740. The Bertz CT molecular complexity index is 405. The lowest BCUT2D eigenvalue weighted by Crippen LogP contribution is -2.22. The Labute approximate surface area is 105 Å². The number of rotatable bonds is 3. The molecule has 88 valence electrons. The lowest BCUT2D eigenvalue weighted by atomic mass is 10.2. The van der Waals surface area contributed by atoms with Gasteiger partial charge in [-0.2, -0.15) is 0 Å². The molecule has 0 radical (unpaired) electrons. The van der Waals surface area contributed by atoms with Gasteiger partial charge in [0.05, 0.1) is 16.4 Å². The number of nitrogen functional groups attached to an aromatic ring is 1. The topological polar surface area (TPSA) is 42.1 Å². The highest BCUT2D eigenvalue weighted by molar-refractivity contribution is 9.10. The predicted octanol–water partition coefficient (Wildman–Crippen LogP) is 2.83. The molecule has 1 aromatic heterocycles. The van der Waals surface area contributed by atoms with Crippen molar-refractivity contribution in [1.29, 1.82) is 0 Å². The van der Waals surface area contributed by atoms with Crippen LogP contribution in [0.2, 0.25) is 0 Å². The summed E-state index contributed by atoms with van der Waals surface area (Å²) < 4.78 is 1.02. The molecule has 0 aliphatic heterocycles. The summed E-state index contributed by atoms with van der Waals surface area (Å²) in [5.74, 6) is 2.69. The van der Waals surface area contributed by atoms with E-state index < -0.39 is 0 Å². The van der Waals surface area contributed by atoms with Crippen molar-refractivity contribution in [2.75, 3.05) is 24.2 Å². The van der Waals surface area contributed by atoms with Gasteiger partial charge in [-0.3, -0.25) is 0 Å². The van der Waals surface area contributed by atoms with Crippen molar-refractivity contribution in [3.63, 3.8) is 0 Å². The van der Waals surface area contributed by atoms with Crippen LogP contribution < -0.4 is 10.6 Å². The van der Waals surface area contributed by atoms with Crippen molar-refractivity contribution in [3.8, 4) is 0 Å². The fourth-order valence-corrected chi connectivity index (χ4v) is 2.57. The van der Waals surface area contributed by atoms with Crippen LogP contribution >= 0.6 is 15.9 Å². The highest BCUT2D eigenvalue weighted by Gasteiger charge is 2.33. The third kappa shape index (κ3) is 2.17. The third-order valence-electron chi connectivity index (χ3n) is 3.43. The van der Waals surface area contributed by atoms with Crippen LogP contribution in [0.25, 0.3) is 0 Å². The monoisotopic (exact) mass is 283 g/mol. The number of nitrogens with two attached hydrogens (primary N) is 1. The zero-order chi connectivity index (χ0) is 11.9. The zero-order valence-electron chi connectivity index (χ0n) is 10.00. The molecular weight excluding hydrogens is 266 g/mol. The molecule has 0 aromatic carbocycles. The molecule has 1 fully saturated rings. The van der Waals surface area contributed by atoms with Crippen LogP contribution in [-0.2, 0) is 0 Å². The van der Waals surface area contributed by atoms with E-state index in [1.54, 1.807) is 6.20 Å². The molecule has 1 aliphatic carbocycles. The number of nitrogens with zero attached hydrogens (tertiary/aromatic N) is 2. The average molecular weight is 284 g/mol. The van der Waals surface area contributed by atoms with Gasteiger partial charge in [0.2, 0.25) is 0 Å². The largest absolute Gasteiger partial charge is 0.397 e. The van der Waals surface area contributed by atoms with Gasteiger partial charge in [0.15, 0.2) is 0 Å². The quantitative estimate of drug-likeness (QED) is 0.928. The third-order valence-corrected chi connectivity index (χ3v) is 4.38. The van der Waals surface area contributed by atoms with E-state index in [9.17, 15) is 0 Å². The van der Waals surface area contributed by atoms with E-state index in [2.05, 4.69) is 39.8 Å². The molecule has 0 bridgehead atoms. The molecular formula is C12H18BrN3. The molecule has 2 unspecified atom stereocenters. The maximum absolute atomic E-state index is 5.81. The number of anilines is 2. The van der Waals surface area contributed by atoms with E-state index >= 15 is 0 Å². The molecule has 2 N–H and O–H groups in total.